The molecule has 0 aliphatic heterocycles. The molecular formula is C30H12F51OP. The van der Waals surface area contributed by atoms with Gasteiger partial charge in [-0.2, -0.15) is 224 Å². The van der Waals surface area contributed by atoms with Gasteiger partial charge in [-0.15, -0.1) is 0 Å². The smallest absolute Gasteiger partial charge is 0.324 e. The van der Waals surface area contributed by atoms with E-state index in [9.17, 15) is 228 Å². The largest absolute Gasteiger partial charge is 0.460 e. The summed E-state index contributed by atoms with van der Waals surface area (Å²) in [6.45, 7) is 0. The average molecular weight is 1390 g/mol. The molecule has 0 atom stereocenters. The van der Waals surface area contributed by atoms with Gasteiger partial charge in [-0.1, -0.05) is 0 Å². The molecule has 0 rings (SSSR count). The SMILES string of the molecule is O=P(CCC(F)(F)C(F)(F)C(F)(F)C(F)(F)C(F)(F)C(F)(F)C(F)(F)C(F)(F)F)(CCC(F)(F)C(F)(F)C(F)(F)C(F)(F)C(F)(F)C(F)(F)C(F)(F)C(F)(F)F)CCC(F)(F)C(F)(F)C(F)(F)C(F)(F)C(F)(F)C(F)(F)C(F)(F)C(F)(F)F. The molecule has 0 aromatic rings. The van der Waals surface area contributed by atoms with Crippen LogP contribution in [0.25, 0.3) is 0 Å². The van der Waals surface area contributed by atoms with Crippen LogP contribution in [0, 0.1) is 0 Å². The van der Waals surface area contributed by atoms with E-state index >= 15 is 0 Å². The van der Waals surface area contributed by atoms with Crippen LogP contribution in [-0.4, -0.2) is 161 Å². The summed E-state index contributed by atoms with van der Waals surface area (Å²) in [6, 6.07) is 0. The van der Waals surface area contributed by atoms with E-state index in [1.165, 1.54) is 0 Å². The van der Waals surface area contributed by atoms with Crippen molar-refractivity contribution in [3.8, 4) is 0 Å². The number of rotatable bonds is 27. The Bertz CT molecular complexity index is 2070. The first-order valence-corrected chi connectivity index (χ1v) is 20.8. The lowest BCUT2D eigenvalue weighted by molar-refractivity contribution is -0.461. The Kier molecular flexibility index (Phi) is 19.5. The molecule has 0 bridgehead atoms. The molecule has 0 saturated carbocycles. The zero-order chi connectivity index (χ0) is 68.7. The summed E-state index contributed by atoms with van der Waals surface area (Å²) in [5.41, 5.74) is 0. The van der Waals surface area contributed by atoms with Crippen LogP contribution in [-0.2, 0) is 4.57 Å². The molecular weight excluding hydrogens is 1380 g/mol. The van der Waals surface area contributed by atoms with Crippen LogP contribution in [0.2, 0.25) is 0 Å². The van der Waals surface area contributed by atoms with Gasteiger partial charge in [0, 0.05) is 37.7 Å². The highest BCUT2D eigenvalue weighted by Crippen LogP contribution is 2.69. The van der Waals surface area contributed by atoms with Gasteiger partial charge in [0.15, 0.2) is 0 Å². The van der Waals surface area contributed by atoms with Crippen LogP contribution in [0.15, 0.2) is 0 Å². The quantitative estimate of drug-likeness (QED) is 0.0592. The molecule has 0 spiro atoms. The van der Waals surface area contributed by atoms with Crippen molar-refractivity contribution in [3.05, 3.63) is 0 Å². The minimum atomic E-state index is -9.72. The molecule has 0 aromatic heterocycles. The van der Waals surface area contributed by atoms with Crippen LogP contribution in [0.5, 0.6) is 0 Å². The molecule has 1 nitrogen and oxygen atoms in total. The van der Waals surface area contributed by atoms with Crippen molar-refractivity contribution in [2.45, 2.75) is 162 Å². The molecule has 0 amide bonds. The Balaban J connectivity index is 8.35. The van der Waals surface area contributed by atoms with E-state index in [0.29, 0.717) is 0 Å². The summed E-state index contributed by atoms with van der Waals surface area (Å²) in [5.74, 6) is -195. The van der Waals surface area contributed by atoms with Crippen molar-refractivity contribution in [2.75, 3.05) is 18.5 Å². The van der Waals surface area contributed by atoms with Gasteiger partial charge in [0.2, 0.25) is 0 Å². The van der Waals surface area contributed by atoms with E-state index in [4.69, 9.17) is 0 Å². The van der Waals surface area contributed by atoms with Crippen molar-refractivity contribution in [1.29, 1.82) is 0 Å². The van der Waals surface area contributed by atoms with Crippen LogP contribution in [0.3, 0.4) is 0 Å². The van der Waals surface area contributed by atoms with E-state index in [1.54, 1.807) is 0 Å². The summed E-state index contributed by atoms with van der Waals surface area (Å²) < 4.78 is 710. The molecule has 0 heterocycles. The summed E-state index contributed by atoms with van der Waals surface area (Å²) >= 11 is 0. The Morgan fingerprint density at radius 2 is 0.253 bits per heavy atom. The van der Waals surface area contributed by atoms with Gasteiger partial charge < -0.3 is 4.57 Å². The minimum Gasteiger partial charge on any atom is -0.324 e. The predicted molar refractivity (Wildman–Crippen MR) is 158 cm³/mol. The summed E-state index contributed by atoms with van der Waals surface area (Å²) in [4.78, 5) is 0. The van der Waals surface area contributed by atoms with Gasteiger partial charge in [-0.25, -0.2) is 0 Å². The molecule has 0 radical (unpaired) electrons. The fraction of sp³-hybridized carbons (Fsp3) is 1.00. The minimum absolute atomic E-state index is 4.27. The topological polar surface area (TPSA) is 17.1 Å². The molecule has 53 heteroatoms. The third-order valence-electron chi connectivity index (χ3n) is 10.9. The average Bonchev–Trinajstić information content (AvgIpc) is 3.24. The second-order valence-electron chi connectivity index (χ2n) is 16.4. The molecule has 500 valence electrons. The maximum atomic E-state index is 14.6. The lowest BCUT2D eigenvalue weighted by atomic mass is 9.88. The fourth-order valence-corrected chi connectivity index (χ4v) is 8.16. The lowest BCUT2D eigenvalue weighted by Crippen LogP contribution is -2.74. The third-order valence-corrected chi connectivity index (χ3v) is 14.0. The van der Waals surface area contributed by atoms with E-state index in [1.807, 2.05) is 0 Å². The van der Waals surface area contributed by atoms with Crippen molar-refractivity contribution in [1.82, 2.24) is 0 Å². The van der Waals surface area contributed by atoms with E-state index < -0.39 is 188 Å². The first-order valence-electron chi connectivity index (χ1n) is 18.6. The maximum absolute atomic E-state index is 14.6. The van der Waals surface area contributed by atoms with Crippen LogP contribution >= 0.6 is 7.14 Å². The predicted octanol–water partition coefficient (Wildman–Crippen LogP) is 18.5. The molecule has 0 aliphatic carbocycles. The van der Waals surface area contributed by atoms with Crippen molar-refractivity contribution < 1.29 is 228 Å². The second kappa shape index (κ2) is 20.4. The first kappa shape index (κ1) is 79.7. The standard InChI is InChI=1S/C30H12F51OP/c31-7(32,10(37,38)13(43,44)16(49,50)19(55,56)22(61,62)25(67,68)28(73,74)75)1-4-83(82,5-2-8(33,34)11(39,40)14(45,46)17(51,52)20(57,58)23(63,64)26(69,70)29(76,77)78)6-3-9(35,36)12(41,42)15(47,48)18(53,54)21(59,60)24(65,66)27(71,72)30(79,80)81/h1-6H2. The summed E-state index contributed by atoms with van der Waals surface area (Å²) in [5, 5.41) is 0. The van der Waals surface area contributed by atoms with Gasteiger partial charge in [0.25, 0.3) is 0 Å². The Hall–Kier alpha value is -3.34. The van der Waals surface area contributed by atoms with Crippen LogP contribution in [0.1, 0.15) is 19.3 Å². The van der Waals surface area contributed by atoms with Gasteiger partial charge in [0.1, 0.15) is 0 Å². The first-order chi connectivity index (χ1) is 34.9. The number of hydrogen-bond donors (Lipinski definition) is 0. The number of hydrogen-bond acceptors (Lipinski definition) is 1. The highest BCUT2D eigenvalue weighted by atomic mass is 31.2. The van der Waals surface area contributed by atoms with E-state index in [0.717, 1.165) is 0 Å². The lowest BCUT2D eigenvalue weighted by Gasteiger charge is -2.43. The molecule has 0 fully saturated rings. The zero-order valence-electron chi connectivity index (χ0n) is 36.4. The molecule has 0 aromatic carbocycles. The summed E-state index contributed by atoms with van der Waals surface area (Å²) in [6.07, 6.45) is -52.6. The molecule has 0 N–H and O–H groups in total. The van der Waals surface area contributed by atoms with Gasteiger partial charge in [-0.3, -0.25) is 0 Å². The summed E-state index contributed by atoms with van der Waals surface area (Å²) in [7, 11) is -8.01. The fourth-order valence-electron chi connectivity index (χ4n) is 5.43. The normalized spacial score (nSPS) is 17.2. The highest BCUT2D eigenvalue weighted by molar-refractivity contribution is 7.63. The maximum Gasteiger partial charge on any atom is 0.460 e. The Morgan fingerprint density at radius 3 is 0.361 bits per heavy atom. The second-order valence-corrected chi connectivity index (χ2v) is 19.9. The number of alkyl halides is 51. The third kappa shape index (κ3) is 10.8. The molecule has 0 unspecified atom stereocenters. The molecule has 83 heavy (non-hydrogen) atoms. The molecule has 0 aliphatic rings. The molecule has 0 saturated heterocycles. The number of halogens is 51. The van der Waals surface area contributed by atoms with Gasteiger partial charge in [0.05, 0.1) is 7.14 Å². The van der Waals surface area contributed by atoms with Gasteiger partial charge >= 0.3 is 143 Å². The Labute approximate surface area is 417 Å². The van der Waals surface area contributed by atoms with E-state index in [2.05, 4.69) is 0 Å². The van der Waals surface area contributed by atoms with Crippen LogP contribution in [0.4, 0.5) is 224 Å². The van der Waals surface area contributed by atoms with Crippen molar-refractivity contribution in [2.24, 2.45) is 0 Å². The van der Waals surface area contributed by atoms with Gasteiger partial charge in [-0.05, 0) is 0 Å². The van der Waals surface area contributed by atoms with Crippen molar-refractivity contribution >= 4 is 7.14 Å². The zero-order valence-corrected chi connectivity index (χ0v) is 37.3. The highest BCUT2D eigenvalue weighted by Gasteiger charge is 2.98. The monoisotopic (exact) mass is 1390 g/mol. The Morgan fingerprint density at radius 1 is 0.157 bits per heavy atom. The van der Waals surface area contributed by atoms with E-state index in [-0.39, 0.29) is 0 Å². The van der Waals surface area contributed by atoms with Crippen LogP contribution < -0.4 is 0 Å². The van der Waals surface area contributed by atoms with Crippen molar-refractivity contribution in [3.63, 3.8) is 0 Å².